The summed E-state index contributed by atoms with van der Waals surface area (Å²) in [6.07, 6.45) is 2.67. The third-order valence-corrected chi connectivity index (χ3v) is 4.64. The van der Waals surface area contributed by atoms with E-state index in [2.05, 4.69) is 5.32 Å². The fourth-order valence-electron chi connectivity index (χ4n) is 3.40. The first-order valence-corrected chi connectivity index (χ1v) is 8.68. The molecule has 0 bridgehead atoms. The summed E-state index contributed by atoms with van der Waals surface area (Å²) in [5.41, 5.74) is 3.70. The predicted octanol–water partition coefficient (Wildman–Crippen LogP) is 2.52. The molecule has 2 aromatic rings. The monoisotopic (exact) mass is 338 g/mol. The van der Waals surface area contributed by atoms with Crippen LogP contribution in [0.1, 0.15) is 36.2 Å². The largest absolute Gasteiger partial charge is 0.323 e. The van der Waals surface area contributed by atoms with Crippen molar-refractivity contribution in [3.8, 4) is 0 Å². The Morgan fingerprint density at radius 1 is 1.20 bits per heavy atom. The number of nitrogens with zero attached hydrogens (tertiary/aromatic N) is 2. The molecule has 0 saturated heterocycles. The Bertz CT molecular complexity index is 796. The molecule has 25 heavy (non-hydrogen) atoms. The summed E-state index contributed by atoms with van der Waals surface area (Å²) in [7, 11) is 0. The summed E-state index contributed by atoms with van der Waals surface area (Å²) in [5, 5.41) is 3.05. The molecule has 1 aromatic carbocycles. The minimum Gasteiger partial charge on any atom is -0.323 e. The van der Waals surface area contributed by atoms with Gasteiger partial charge >= 0.3 is 0 Å². The maximum Gasteiger partial charge on any atom is 0.289 e. The van der Waals surface area contributed by atoms with E-state index in [-0.39, 0.29) is 18.4 Å². The number of amides is 2. The molecule has 130 valence electrons. The number of hydrogen-bond acceptors (Lipinski definition) is 2. The van der Waals surface area contributed by atoms with Crippen molar-refractivity contribution < 1.29 is 14.2 Å². The third kappa shape index (κ3) is 3.27. The lowest BCUT2D eigenvalue weighted by Gasteiger charge is -2.32. The molecule has 0 aliphatic carbocycles. The van der Waals surface area contributed by atoms with Gasteiger partial charge < -0.3 is 10.2 Å². The first-order chi connectivity index (χ1) is 12.0. The number of para-hydroxylation sites is 1. The number of fused-ring (bicyclic) bond motifs is 1. The van der Waals surface area contributed by atoms with Crippen LogP contribution in [-0.2, 0) is 16.1 Å². The van der Waals surface area contributed by atoms with Crippen LogP contribution in [0.3, 0.4) is 0 Å². The zero-order valence-electron chi connectivity index (χ0n) is 15.0. The topological polar surface area (TPSA) is 53.3 Å². The molecule has 3 rings (SSSR count). The molecular formula is C20H24N3O2+. The van der Waals surface area contributed by atoms with Crippen LogP contribution in [0.4, 0.5) is 5.69 Å². The van der Waals surface area contributed by atoms with E-state index in [0.717, 1.165) is 28.9 Å². The van der Waals surface area contributed by atoms with E-state index >= 15 is 0 Å². The number of aryl methyl sites for hydroxylation is 2. The van der Waals surface area contributed by atoms with Gasteiger partial charge in [0, 0.05) is 24.4 Å². The number of nitrogens with one attached hydrogen (secondary N) is 1. The molecule has 1 aromatic heterocycles. The van der Waals surface area contributed by atoms with Crippen LogP contribution in [0.2, 0.25) is 0 Å². The summed E-state index contributed by atoms with van der Waals surface area (Å²) in [4.78, 5) is 27.4. The molecule has 5 heteroatoms. The van der Waals surface area contributed by atoms with Crippen molar-refractivity contribution in [3.63, 3.8) is 0 Å². The number of anilines is 1. The quantitative estimate of drug-likeness (QED) is 0.871. The zero-order valence-corrected chi connectivity index (χ0v) is 15.0. The number of benzene rings is 1. The lowest BCUT2D eigenvalue weighted by Crippen LogP contribution is -2.58. The SMILES string of the molecule is CCCN1C(=O)C[n+]2ccccc2[C@H]1C(=O)Nc1c(C)cccc1C. The van der Waals surface area contributed by atoms with Gasteiger partial charge in [0.2, 0.25) is 12.2 Å². The van der Waals surface area contributed by atoms with Crippen molar-refractivity contribution >= 4 is 17.5 Å². The second-order valence-corrected chi connectivity index (χ2v) is 6.50. The Kier molecular flexibility index (Phi) is 4.83. The van der Waals surface area contributed by atoms with Crippen molar-refractivity contribution in [2.75, 3.05) is 11.9 Å². The molecule has 0 spiro atoms. The summed E-state index contributed by atoms with van der Waals surface area (Å²) < 4.78 is 1.86. The van der Waals surface area contributed by atoms with E-state index in [1.54, 1.807) is 4.90 Å². The van der Waals surface area contributed by atoms with Gasteiger partial charge in [0.1, 0.15) is 0 Å². The Labute approximate surface area is 148 Å². The molecule has 0 fully saturated rings. The van der Waals surface area contributed by atoms with Crippen molar-refractivity contribution in [2.24, 2.45) is 0 Å². The highest BCUT2D eigenvalue weighted by molar-refractivity contribution is 5.98. The highest BCUT2D eigenvalue weighted by Crippen LogP contribution is 2.26. The lowest BCUT2D eigenvalue weighted by atomic mass is 10.0. The first-order valence-electron chi connectivity index (χ1n) is 8.68. The predicted molar refractivity (Wildman–Crippen MR) is 95.9 cm³/mol. The Morgan fingerprint density at radius 3 is 2.60 bits per heavy atom. The van der Waals surface area contributed by atoms with Crippen molar-refractivity contribution in [2.45, 2.75) is 39.8 Å². The number of carbonyl (C=O) groups excluding carboxylic acids is 2. The summed E-state index contributed by atoms with van der Waals surface area (Å²) in [6.45, 7) is 6.81. The molecule has 1 N–H and O–H groups in total. The molecule has 1 aliphatic heterocycles. The van der Waals surface area contributed by atoms with Gasteiger partial charge in [0.05, 0.1) is 0 Å². The average Bonchev–Trinajstić information content (AvgIpc) is 2.59. The minimum atomic E-state index is -0.610. The minimum absolute atomic E-state index is 0.0211. The number of aromatic nitrogens is 1. The number of pyridine rings is 1. The van der Waals surface area contributed by atoms with Crippen molar-refractivity contribution in [3.05, 3.63) is 59.4 Å². The standard InChI is InChI=1S/C20H23N3O2/c1-4-11-23-17(24)13-22-12-6-5-10-16(22)19(23)20(25)21-18-14(2)8-7-9-15(18)3/h5-10,12,19H,4,11,13H2,1-3H3/p+1/t19-/m0/s1. The smallest absolute Gasteiger partial charge is 0.289 e. The van der Waals surface area contributed by atoms with E-state index in [4.69, 9.17) is 0 Å². The van der Waals surface area contributed by atoms with Gasteiger partial charge in [-0.25, -0.2) is 0 Å². The van der Waals surface area contributed by atoms with E-state index in [1.807, 2.05) is 67.9 Å². The van der Waals surface area contributed by atoms with E-state index in [9.17, 15) is 9.59 Å². The summed E-state index contributed by atoms with van der Waals surface area (Å²) in [6, 6.07) is 11.0. The molecule has 1 aliphatic rings. The lowest BCUT2D eigenvalue weighted by molar-refractivity contribution is -0.698. The Hall–Kier alpha value is -2.69. The highest BCUT2D eigenvalue weighted by Gasteiger charge is 2.42. The highest BCUT2D eigenvalue weighted by atomic mass is 16.2. The van der Waals surface area contributed by atoms with Crippen LogP contribution in [0.5, 0.6) is 0 Å². The van der Waals surface area contributed by atoms with Gasteiger partial charge in [-0.2, -0.15) is 4.57 Å². The van der Waals surface area contributed by atoms with Gasteiger partial charge in [-0.1, -0.05) is 31.2 Å². The van der Waals surface area contributed by atoms with E-state index < -0.39 is 6.04 Å². The summed E-state index contributed by atoms with van der Waals surface area (Å²) in [5.74, 6) is -0.189. The maximum atomic E-state index is 13.1. The second kappa shape index (κ2) is 7.05. The normalized spacial score (nSPS) is 16.5. The Balaban J connectivity index is 1.99. The zero-order chi connectivity index (χ0) is 18.0. The molecule has 5 nitrogen and oxygen atoms in total. The van der Waals surface area contributed by atoms with E-state index in [0.29, 0.717) is 6.54 Å². The van der Waals surface area contributed by atoms with Gasteiger partial charge in [0.15, 0.2) is 12.2 Å². The van der Waals surface area contributed by atoms with Gasteiger partial charge in [-0.3, -0.25) is 9.59 Å². The molecule has 0 unspecified atom stereocenters. The fourth-order valence-corrected chi connectivity index (χ4v) is 3.40. The van der Waals surface area contributed by atoms with Gasteiger partial charge in [-0.05, 0) is 31.4 Å². The molecule has 0 saturated carbocycles. The molecule has 2 amide bonds. The average molecular weight is 338 g/mol. The fraction of sp³-hybridized carbons (Fsp3) is 0.350. The number of hydrogen-bond donors (Lipinski definition) is 1. The van der Waals surface area contributed by atoms with E-state index in [1.165, 1.54) is 0 Å². The van der Waals surface area contributed by atoms with Crippen LogP contribution < -0.4 is 9.88 Å². The summed E-state index contributed by atoms with van der Waals surface area (Å²) >= 11 is 0. The molecule has 2 heterocycles. The van der Waals surface area contributed by atoms with Gasteiger partial charge in [0.25, 0.3) is 11.8 Å². The molecular weight excluding hydrogens is 314 g/mol. The number of rotatable bonds is 4. The van der Waals surface area contributed by atoms with Crippen LogP contribution in [0.25, 0.3) is 0 Å². The van der Waals surface area contributed by atoms with Gasteiger partial charge in [-0.15, -0.1) is 0 Å². The van der Waals surface area contributed by atoms with Crippen LogP contribution in [0, 0.1) is 13.8 Å². The van der Waals surface area contributed by atoms with Crippen LogP contribution >= 0.6 is 0 Å². The number of carbonyl (C=O) groups is 2. The maximum absolute atomic E-state index is 13.1. The van der Waals surface area contributed by atoms with Crippen LogP contribution in [0.15, 0.2) is 42.6 Å². The molecule has 1 atom stereocenters. The first kappa shape index (κ1) is 17.1. The Morgan fingerprint density at radius 2 is 1.92 bits per heavy atom. The molecule has 0 radical (unpaired) electrons. The van der Waals surface area contributed by atoms with Crippen molar-refractivity contribution in [1.82, 2.24) is 4.90 Å². The second-order valence-electron chi connectivity index (χ2n) is 6.50. The third-order valence-electron chi connectivity index (χ3n) is 4.64. The van der Waals surface area contributed by atoms with Crippen molar-refractivity contribution in [1.29, 1.82) is 0 Å². The van der Waals surface area contributed by atoms with Crippen LogP contribution in [-0.4, -0.2) is 23.3 Å².